The highest BCUT2D eigenvalue weighted by Crippen LogP contribution is 2.17. The molecule has 0 aliphatic heterocycles. The Balaban J connectivity index is 2.35. The first-order valence-electron chi connectivity index (χ1n) is 6.44. The molecule has 3 rings (SSSR count). The Morgan fingerprint density at radius 3 is 2.86 bits per heavy atom. The number of thiophene rings is 1. The number of benzene rings is 1. The lowest BCUT2D eigenvalue weighted by atomic mass is 10.2. The van der Waals surface area contributed by atoms with Crippen molar-refractivity contribution < 1.29 is 9.53 Å². The van der Waals surface area contributed by atoms with Crippen LogP contribution in [0.3, 0.4) is 0 Å². The van der Waals surface area contributed by atoms with E-state index in [4.69, 9.17) is 4.74 Å². The van der Waals surface area contributed by atoms with Crippen LogP contribution in [0.15, 0.2) is 45.9 Å². The molecule has 0 unspecified atom stereocenters. The summed E-state index contributed by atoms with van der Waals surface area (Å²) in [6.07, 6.45) is 0. The summed E-state index contributed by atoms with van der Waals surface area (Å²) in [7, 11) is 0. The minimum atomic E-state index is -0.697. The van der Waals surface area contributed by atoms with Gasteiger partial charge >= 0.3 is 5.97 Å². The zero-order chi connectivity index (χ0) is 14.8. The second-order valence-corrected chi connectivity index (χ2v) is 5.07. The third-order valence-corrected chi connectivity index (χ3v) is 3.66. The second-order valence-electron chi connectivity index (χ2n) is 4.29. The minimum Gasteiger partial charge on any atom is -0.461 e. The van der Waals surface area contributed by atoms with Gasteiger partial charge in [-0.1, -0.05) is 12.1 Å². The van der Waals surface area contributed by atoms with E-state index in [0.717, 1.165) is 0 Å². The highest BCUT2D eigenvalue weighted by atomic mass is 32.1. The third kappa shape index (κ3) is 2.34. The van der Waals surface area contributed by atoms with Crippen molar-refractivity contribution in [2.75, 3.05) is 6.61 Å². The molecule has 6 heteroatoms. The maximum atomic E-state index is 12.6. The van der Waals surface area contributed by atoms with Crippen LogP contribution in [-0.4, -0.2) is 22.1 Å². The first kappa shape index (κ1) is 13.5. The molecule has 2 heterocycles. The molecule has 0 aliphatic rings. The number of carbonyl (C=O) groups excluding carboxylic acids is 1. The second kappa shape index (κ2) is 5.49. The Morgan fingerprint density at radius 1 is 1.33 bits per heavy atom. The average Bonchev–Trinajstić information content (AvgIpc) is 3.00. The van der Waals surface area contributed by atoms with Gasteiger partial charge in [-0.25, -0.2) is 9.78 Å². The SMILES string of the molecule is CCOC(=O)c1nc2ccccc2n(-c2ccsc2)c1=O. The van der Waals surface area contributed by atoms with Crippen molar-refractivity contribution in [3.05, 3.63) is 57.1 Å². The van der Waals surface area contributed by atoms with Gasteiger partial charge in [0.2, 0.25) is 5.69 Å². The summed E-state index contributed by atoms with van der Waals surface area (Å²) in [5.74, 6) is -0.697. The average molecular weight is 300 g/mol. The van der Waals surface area contributed by atoms with Gasteiger partial charge in [0.1, 0.15) is 0 Å². The molecule has 0 saturated carbocycles. The fourth-order valence-corrected chi connectivity index (χ4v) is 2.72. The normalized spacial score (nSPS) is 10.7. The van der Waals surface area contributed by atoms with Crippen molar-refractivity contribution >= 4 is 28.3 Å². The highest BCUT2D eigenvalue weighted by Gasteiger charge is 2.19. The van der Waals surface area contributed by atoms with Crippen molar-refractivity contribution in [3.8, 4) is 5.69 Å². The van der Waals surface area contributed by atoms with Crippen molar-refractivity contribution in [2.24, 2.45) is 0 Å². The number of hydrogen-bond acceptors (Lipinski definition) is 5. The Hall–Kier alpha value is -2.47. The predicted octanol–water partition coefficient (Wildman–Crippen LogP) is 2.62. The lowest BCUT2D eigenvalue weighted by Crippen LogP contribution is -2.28. The maximum absolute atomic E-state index is 12.6. The Bertz CT molecular complexity index is 853. The first-order chi connectivity index (χ1) is 10.2. The summed E-state index contributed by atoms with van der Waals surface area (Å²) in [5, 5.41) is 3.73. The van der Waals surface area contributed by atoms with Crippen LogP contribution < -0.4 is 5.56 Å². The molecule has 0 atom stereocenters. The van der Waals surface area contributed by atoms with E-state index in [1.807, 2.05) is 29.0 Å². The van der Waals surface area contributed by atoms with Crippen LogP contribution in [0.4, 0.5) is 0 Å². The zero-order valence-electron chi connectivity index (χ0n) is 11.3. The molecule has 0 saturated heterocycles. The van der Waals surface area contributed by atoms with Gasteiger partial charge in [0, 0.05) is 5.38 Å². The molecule has 0 spiro atoms. The number of hydrogen-bond donors (Lipinski definition) is 0. The van der Waals surface area contributed by atoms with Crippen LogP contribution in [0.5, 0.6) is 0 Å². The number of fused-ring (bicyclic) bond motifs is 1. The largest absolute Gasteiger partial charge is 0.461 e. The lowest BCUT2D eigenvalue weighted by molar-refractivity contribution is 0.0517. The molecular weight excluding hydrogens is 288 g/mol. The van der Waals surface area contributed by atoms with Gasteiger partial charge < -0.3 is 4.74 Å². The summed E-state index contributed by atoms with van der Waals surface area (Å²) in [4.78, 5) is 28.7. The van der Waals surface area contributed by atoms with Gasteiger partial charge in [0.25, 0.3) is 5.56 Å². The van der Waals surface area contributed by atoms with Gasteiger partial charge in [-0.3, -0.25) is 9.36 Å². The fraction of sp³-hybridized carbons (Fsp3) is 0.133. The molecule has 0 bridgehead atoms. The van der Waals surface area contributed by atoms with Crippen molar-refractivity contribution in [1.29, 1.82) is 0 Å². The van der Waals surface area contributed by atoms with Gasteiger partial charge in [0.05, 0.1) is 23.3 Å². The number of nitrogens with zero attached hydrogens (tertiary/aromatic N) is 2. The number of ether oxygens (including phenoxy) is 1. The predicted molar refractivity (Wildman–Crippen MR) is 81.2 cm³/mol. The summed E-state index contributed by atoms with van der Waals surface area (Å²) < 4.78 is 6.41. The van der Waals surface area contributed by atoms with Gasteiger partial charge in [-0.05, 0) is 30.5 Å². The van der Waals surface area contributed by atoms with Gasteiger partial charge in [-0.15, -0.1) is 0 Å². The van der Waals surface area contributed by atoms with E-state index >= 15 is 0 Å². The van der Waals surface area contributed by atoms with Crippen molar-refractivity contribution in [1.82, 2.24) is 9.55 Å². The van der Waals surface area contributed by atoms with Crippen LogP contribution >= 0.6 is 11.3 Å². The fourth-order valence-electron chi connectivity index (χ4n) is 2.10. The number of carbonyl (C=O) groups is 1. The third-order valence-electron chi connectivity index (χ3n) is 2.99. The van der Waals surface area contributed by atoms with Crippen LogP contribution in [0, 0.1) is 0 Å². The Kier molecular flexibility index (Phi) is 3.53. The van der Waals surface area contributed by atoms with E-state index < -0.39 is 11.5 Å². The molecule has 106 valence electrons. The maximum Gasteiger partial charge on any atom is 0.362 e. The molecule has 0 radical (unpaired) electrons. The molecule has 2 aromatic heterocycles. The summed E-state index contributed by atoms with van der Waals surface area (Å²) in [5.41, 5.74) is 1.29. The zero-order valence-corrected chi connectivity index (χ0v) is 12.1. The van der Waals surface area contributed by atoms with E-state index in [1.54, 1.807) is 19.1 Å². The molecule has 5 nitrogen and oxygen atoms in total. The molecule has 0 aliphatic carbocycles. The van der Waals surface area contributed by atoms with E-state index in [2.05, 4.69) is 4.98 Å². The summed E-state index contributed by atoms with van der Waals surface area (Å²) in [6, 6.07) is 9.03. The quantitative estimate of drug-likeness (QED) is 0.698. The molecule has 0 N–H and O–H groups in total. The molecule has 1 aromatic carbocycles. The number of rotatable bonds is 3. The first-order valence-corrected chi connectivity index (χ1v) is 7.38. The standard InChI is InChI=1S/C15H12N2O3S/c1-2-20-15(19)13-14(18)17(10-7-8-21-9-10)12-6-4-3-5-11(12)16-13/h3-9H,2H2,1H3. The van der Waals surface area contributed by atoms with E-state index in [0.29, 0.717) is 16.7 Å². The molecule has 0 amide bonds. The van der Waals surface area contributed by atoms with Gasteiger partial charge in [0.15, 0.2) is 0 Å². The lowest BCUT2D eigenvalue weighted by Gasteiger charge is -2.10. The van der Waals surface area contributed by atoms with E-state index in [-0.39, 0.29) is 12.3 Å². The molecule has 0 fully saturated rings. The van der Waals surface area contributed by atoms with Crippen molar-refractivity contribution in [3.63, 3.8) is 0 Å². The summed E-state index contributed by atoms with van der Waals surface area (Å²) in [6.45, 7) is 1.89. The molecule has 3 aromatic rings. The molecule has 21 heavy (non-hydrogen) atoms. The van der Waals surface area contributed by atoms with Crippen LogP contribution in [0.2, 0.25) is 0 Å². The van der Waals surface area contributed by atoms with Crippen LogP contribution in [-0.2, 0) is 4.74 Å². The van der Waals surface area contributed by atoms with E-state index in [1.165, 1.54) is 15.9 Å². The van der Waals surface area contributed by atoms with E-state index in [9.17, 15) is 9.59 Å². The molecular formula is C15H12N2O3S. The smallest absolute Gasteiger partial charge is 0.362 e. The van der Waals surface area contributed by atoms with Gasteiger partial charge in [-0.2, -0.15) is 11.3 Å². The van der Waals surface area contributed by atoms with Crippen molar-refractivity contribution in [2.45, 2.75) is 6.92 Å². The Labute approximate surface area is 124 Å². The monoisotopic (exact) mass is 300 g/mol. The topological polar surface area (TPSA) is 61.2 Å². The number of aromatic nitrogens is 2. The van der Waals surface area contributed by atoms with Crippen LogP contribution in [0.25, 0.3) is 16.7 Å². The van der Waals surface area contributed by atoms with Crippen LogP contribution in [0.1, 0.15) is 17.4 Å². The number of esters is 1. The number of para-hydroxylation sites is 2. The summed E-state index contributed by atoms with van der Waals surface area (Å²) >= 11 is 1.48. The highest BCUT2D eigenvalue weighted by molar-refractivity contribution is 7.08. The minimum absolute atomic E-state index is 0.193. The Morgan fingerprint density at radius 2 is 2.14 bits per heavy atom.